The van der Waals surface area contributed by atoms with Crippen molar-refractivity contribution in [2.45, 2.75) is 19.5 Å². The van der Waals surface area contributed by atoms with E-state index < -0.39 is 0 Å². The molecule has 26 heavy (non-hydrogen) atoms. The van der Waals surface area contributed by atoms with Gasteiger partial charge in [0.2, 0.25) is 5.91 Å². The third-order valence-corrected chi connectivity index (χ3v) is 4.23. The first-order valence-corrected chi connectivity index (χ1v) is 8.49. The van der Waals surface area contributed by atoms with Crippen LogP contribution in [0.25, 0.3) is 11.4 Å². The van der Waals surface area contributed by atoms with Crippen molar-refractivity contribution in [1.29, 1.82) is 0 Å². The number of aromatic nitrogens is 4. The molecule has 0 aliphatic carbocycles. The number of nitrogens with one attached hydrogen (secondary N) is 2. The molecule has 2 N–H and O–H groups in total. The van der Waals surface area contributed by atoms with Gasteiger partial charge in [-0.3, -0.25) is 19.4 Å². The second-order valence-electron chi connectivity index (χ2n) is 5.71. The summed E-state index contributed by atoms with van der Waals surface area (Å²) in [5.74, 6) is 1.17. The van der Waals surface area contributed by atoms with Crippen LogP contribution in [0.5, 0.6) is 5.75 Å². The lowest BCUT2D eigenvalue weighted by Crippen LogP contribution is -2.30. The molecule has 1 aromatic carbocycles. The number of rotatable bonds is 6. The van der Waals surface area contributed by atoms with Crippen molar-refractivity contribution in [1.82, 2.24) is 25.1 Å². The minimum Gasteiger partial charge on any atom is -0.497 e. The SMILES string of the molecule is COc1ccc(-c2n[nH]c(=S)n2CC(=O)NC(C)c2ccccn2)cc1. The van der Waals surface area contributed by atoms with Gasteiger partial charge in [0.05, 0.1) is 18.8 Å². The maximum Gasteiger partial charge on any atom is 0.240 e. The van der Waals surface area contributed by atoms with E-state index in [1.54, 1.807) is 17.9 Å². The Bertz CT molecular complexity index is 934. The molecule has 7 nitrogen and oxygen atoms in total. The van der Waals surface area contributed by atoms with Crippen LogP contribution in [0.4, 0.5) is 0 Å². The van der Waals surface area contributed by atoms with E-state index in [9.17, 15) is 4.79 Å². The van der Waals surface area contributed by atoms with Gasteiger partial charge in [0, 0.05) is 11.8 Å². The highest BCUT2D eigenvalue weighted by Crippen LogP contribution is 2.21. The highest BCUT2D eigenvalue weighted by Gasteiger charge is 2.15. The number of carbonyl (C=O) groups is 1. The molecular weight excluding hydrogens is 350 g/mol. The van der Waals surface area contributed by atoms with Gasteiger partial charge < -0.3 is 10.1 Å². The number of amides is 1. The molecule has 3 aromatic rings. The van der Waals surface area contributed by atoms with Gasteiger partial charge in [-0.1, -0.05) is 6.07 Å². The van der Waals surface area contributed by atoms with E-state index in [1.165, 1.54) is 0 Å². The van der Waals surface area contributed by atoms with Crippen molar-refractivity contribution in [3.05, 3.63) is 59.1 Å². The maximum absolute atomic E-state index is 12.5. The number of carbonyl (C=O) groups excluding carboxylic acids is 1. The summed E-state index contributed by atoms with van der Waals surface area (Å²) in [6.45, 7) is 1.95. The third-order valence-electron chi connectivity index (χ3n) is 3.92. The van der Waals surface area contributed by atoms with Crippen LogP contribution in [0.2, 0.25) is 0 Å². The number of benzene rings is 1. The van der Waals surface area contributed by atoms with Crippen LogP contribution in [-0.2, 0) is 11.3 Å². The minimum absolute atomic E-state index is 0.0634. The van der Waals surface area contributed by atoms with Crippen LogP contribution < -0.4 is 10.1 Å². The third kappa shape index (κ3) is 3.97. The molecule has 8 heteroatoms. The minimum atomic E-state index is -0.200. The smallest absolute Gasteiger partial charge is 0.240 e. The lowest BCUT2D eigenvalue weighted by atomic mass is 10.2. The normalized spacial score (nSPS) is 11.8. The van der Waals surface area contributed by atoms with Crippen molar-refractivity contribution in [2.75, 3.05) is 7.11 Å². The number of nitrogens with zero attached hydrogens (tertiary/aromatic N) is 3. The van der Waals surface area contributed by atoms with Crippen LogP contribution in [0.1, 0.15) is 18.7 Å². The zero-order valence-corrected chi connectivity index (χ0v) is 15.3. The molecule has 0 aliphatic heterocycles. The van der Waals surface area contributed by atoms with Crippen molar-refractivity contribution in [3.8, 4) is 17.1 Å². The number of aromatic amines is 1. The molecule has 0 bridgehead atoms. The zero-order chi connectivity index (χ0) is 18.5. The van der Waals surface area contributed by atoms with Crippen molar-refractivity contribution in [3.63, 3.8) is 0 Å². The van der Waals surface area contributed by atoms with Gasteiger partial charge in [0.15, 0.2) is 10.6 Å². The van der Waals surface area contributed by atoms with Gasteiger partial charge in [-0.25, -0.2) is 0 Å². The molecule has 0 spiro atoms. The van der Waals surface area contributed by atoms with Gasteiger partial charge in [-0.05, 0) is 55.5 Å². The molecule has 0 saturated heterocycles. The molecule has 1 atom stereocenters. The lowest BCUT2D eigenvalue weighted by molar-refractivity contribution is -0.122. The average molecular weight is 369 g/mol. The van der Waals surface area contributed by atoms with Gasteiger partial charge in [0.25, 0.3) is 0 Å². The van der Waals surface area contributed by atoms with E-state index in [0.717, 1.165) is 17.0 Å². The summed E-state index contributed by atoms with van der Waals surface area (Å²) in [5, 5.41) is 9.92. The summed E-state index contributed by atoms with van der Waals surface area (Å²) in [6.07, 6.45) is 1.70. The average Bonchev–Trinajstić information content (AvgIpc) is 3.03. The first-order chi connectivity index (χ1) is 12.6. The van der Waals surface area contributed by atoms with Gasteiger partial charge >= 0.3 is 0 Å². The number of pyridine rings is 1. The molecule has 134 valence electrons. The van der Waals surface area contributed by atoms with Crippen LogP contribution in [-0.4, -0.2) is 32.8 Å². The fraction of sp³-hybridized carbons (Fsp3) is 0.222. The summed E-state index contributed by atoms with van der Waals surface area (Å²) in [5.41, 5.74) is 1.63. The van der Waals surface area contributed by atoms with Gasteiger partial charge in [-0.2, -0.15) is 5.10 Å². The number of H-pyrrole nitrogens is 1. The van der Waals surface area contributed by atoms with E-state index in [0.29, 0.717) is 10.6 Å². The van der Waals surface area contributed by atoms with Gasteiger partial charge in [0.1, 0.15) is 12.3 Å². The molecule has 2 heterocycles. The summed E-state index contributed by atoms with van der Waals surface area (Å²) in [6, 6.07) is 12.8. The predicted octanol–water partition coefficient (Wildman–Crippen LogP) is 2.89. The molecule has 1 unspecified atom stereocenters. The van der Waals surface area contributed by atoms with E-state index in [2.05, 4.69) is 20.5 Å². The summed E-state index contributed by atoms with van der Waals surface area (Å²) >= 11 is 5.27. The molecule has 0 fully saturated rings. The molecule has 0 saturated carbocycles. The first-order valence-electron chi connectivity index (χ1n) is 8.08. The molecule has 3 rings (SSSR count). The Hall–Kier alpha value is -3.00. The Balaban J connectivity index is 1.76. The van der Waals surface area contributed by atoms with E-state index in [4.69, 9.17) is 17.0 Å². The van der Waals surface area contributed by atoms with Gasteiger partial charge in [-0.15, -0.1) is 0 Å². The molecule has 2 aromatic heterocycles. The highest BCUT2D eigenvalue weighted by molar-refractivity contribution is 7.71. The van der Waals surface area contributed by atoms with Crippen molar-refractivity contribution in [2.24, 2.45) is 0 Å². The molecular formula is C18H19N5O2S. The monoisotopic (exact) mass is 369 g/mol. The number of hydrogen-bond acceptors (Lipinski definition) is 5. The first kappa shape index (κ1) is 17.8. The van der Waals surface area contributed by atoms with Crippen LogP contribution in [0, 0.1) is 4.77 Å². The number of ether oxygens (including phenoxy) is 1. The van der Waals surface area contributed by atoms with Crippen molar-refractivity contribution >= 4 is 18.1 Å². The number of hydrogen-bond donors (Lipinski definition) is 2. The van der Waals surface area contributed by atoms with E-state index in [1.807, 2.05) is 49.4 Å². The van der Waals surface area contributed by atoms with Crippen LogP contribution in [0.15, 0.2) is 48.7 Å². The second kappa shape index (κ2) is 7.92. The van der Waals surface area contributed by atoms with E-state index >= 15 is 0 Å². The van der Waals surface area contributed by atoms with Crippen LogP contribution >= 0.6 is 12.2 Å². The fourth-order valence-electron chi connectivity index (χ4n) is 2.56. The zero-order valence-electron chi connectivity index (χ0n) is 14.5. The maximum atomic E-state index is 12.5. The standard InChI is InChI=1S/C18H19N5O2S/c1-12(15-5-3-4-10-19-15)20-16(24)11-23-17(21-22-18(23)26)13-6-8-14(25-2)9-7-13/h3-10,12H,11H2,1-2H3,(H,20,24)(H,22,26). The Morgan fingerprint density at radius 2 is 2.08 bits per heavy atom. The Labute approximate surface area is 156 Å². The largest absolute Gasteiger partial charge is 0.497 e. The quantitative estimate of drug-likeness (QED) is 0.653. The molecule has 0 radical (unpaired) electrons. The Morgan fingerprint density at radius 3 is 2.73 bits per heavy atom. The topological polar surface area (TPSA) is 84.8 Å². The Kier molecular flexibility index (Phi) is 5.43. The Morgan fingerprint density at radius 1 is 1.31 bits per heavy atom. The van der Waals surface area contributed by atoms with E-state index in [-0.39, 0.29) is 18.5 Å². The van der Waals surface area contributed by atoms with Crippen molar-refractivity contribution < 1.29 is 9.53 Å². The number of methoxy groups -OCH3 is 1. The summed E-state index contributed by atoms with van der Waals surface area (Å²) < 4.78 is 7.22. The highest BCUT2D eigenvalue weighted by atomic mass is 32.1. The molecule has 1 amide bonds. The predicted molar refractivity (Wildman–Crippen MR) is 100 cm³/mol. The fourth-order valence-corrected chi connectivity index (χ4v) is 2.76. The lowest BCUT2D eigenvalue weighted by Gasteiger charge is -2.14. The van der Waals surface area contributed by atoms with Crippen LogP contribution in [0.3, 0.4) is 0 Å². The summed E-state index contributed by atoms with van der Waals surface area (Å²) in [4.78, 5) is 16.7. The second-order valence-corrected chi connectivity index (χ2v) is 6.10. The summed E-state index contributed by atoms with van der Waals surface area (Å²) in [7, 11) is 1.61. The molecule has 0 aliphatic rings.